The molecule has 10 heavy (non-hydrogen) atoms. The second kappa shape index (κ2) is 2.62. The van der Waals surface area contributed by atoms with Gasteiger partial charge in [0.05, 0.1) is 0 Å². The molecule has 0 spiro atoms. The van der Waals surface area contributed by atoms with Crippen molar-refractivity contribution < 1.29 is 4.21 Å². The second-order valence-corrected chi connectivity index (χ2v) is 4.83. The average molecular weight is 159 g/mol. The Labute approximate surface area is 63.8 Å². The summed E-state index contributed by atoms with van der Waals surface area (Å²) in [5, 5.41) is 3.42. The maximum absolute atomic E-state index is 11.1. The standard InChI is InChI=1S/C7H13NOS/c9-10-4-3-8-7(5-10)6-1-2-6/h6-8H,1-5H2. The summed E-state index contributed by atoms with van der Waals surface area (Å²) in [5.74, 6) is 2.64. The smallest absolute Gasteiger partial charge is 0.0392 e. The first kappa shape index (κ1) is 6.80. The lowest BCUT2D eigenvalue weighted by Crippen LogP contribution is -2.43. The number of hydrogen-bond acceptors (Lipinski definition) is 2. The van der Waals surface area contributed by atoms with Gasteiger partial charge in [0.25, 0.3) is 0 Å². The molecule has 58 valence electrons. The minimum atomic E-state index is -0.513. The van der Waals surface area contributed by atoms with Crippen LogP contribution in [0.3, 0.4) is 0 Å². The fourth-order valence-corrected chi connectivity index (χ4v) is 2.80. The lowest BCUT2D eigenvalue weighted by Gasteiger charge is -2.22. The maximum Gasteiger partial charge on any atom is 0.0392 e. The van der Waals surface area contributed by atoms with E-state index in [9.17, 15) is 4.21 Å². The first-order chi connectivity index (χ1) is 4.86. The van der Waals surface area contributed by atoms with Crippen LogP contribution in [0.5, 0.6) is 0 Å². The Morgan fingerprint density at radius 1 is 1.40 bits per heavy atom. The summed E-state index contributed by atoms with van der Waals surface area (Å²) in [4.78, 5) is 0. The van der Waals surface area contributed by atoms with Crippen LogP contribution in [0.15, 0.2) is 0 Å². The van der Waals surface area contributed by atoms with Gasteiger partial charge in [0.2, 0.25) is 0 Å². The zero-order valence-corrected chi connectivity index (χ0v) is 6.82. The van der Waals surface area contributed by atoms with Crippen LogP contribution in [0.4, 0.5) is 0 Å². The van der Waals surface area contributed by atoms with E-state index in [0.717, 1.165) is 24.0 Å². The first-order valence-electron chi connectivity index (χ1n) is 3.94. The molecule has 1 saturated heterocycles. The van der Waals surface area contributed by atoms with Crippen molar-refractivity contribution in [3.63, 3.8) is 0 Å². The molecule has 1 N–H and O–H groups in total. The molecule has 0 bridgehead atoms. The van der Waals surface area contributed by atoms with Crippen LogP contribution in [0, 0.1) is 5.92 Å². The molecule has 1 saturated carbocycles. The van der Waals surface area contributed by atoms with Gasteiger partial charge < -0.3 is 5.32 Å². The highest BCUT2D eigenvalue weighted by Gasteiger charge is 2.33. The molecule has 0 amide bonds. The van der Waals surface area contributed by atoms with E-state index in [1.165, 1.54) is 12.8 Å². The van der Waals surface area contributed by atoms with E-state index in [1.807, 2.05) is 0 Å². The van der Waals surface area contributed by atoms with E-state index in [1.54, 1.807) is 0 Å². The van der Waals surface area contributed by atoms with Gasteiger partial charge in [0.15, 0.2) is 0 Å². The van der Waals surface area contributed by atoms with Crippen LogP contribution >= 0.6 is 0 Å². The molecule has 0 aromatic heterocycles. The van der Waals surface area contributed by atoms with Crippen molar-refractivity contribution in [1.29, 1.82) is 0 Å². The molecule has 0 aromatic carbocycles. The molecular weight excluding hydrogens is 146 g/mol. The normalized spacial score (nSPS) is 41.6. The van der Waals surface area contributed by atoms with Crippen molar-refractivity contribution in [3.05, 3.63) is 0 Å². The van der Waals surface area contributed by atoms with E-state index < -0.39 is 10.8 Å². The molecule has 0 aromatic rings. The van der Waals surface area contributed by atoms with E-state index in [2.05, 4.69) is 5.32 Å². The molecule has 2 unspecified atom stereocenters. The van der Waals surface area contributed by atoms with Gasteiger partial charge in [-0.15, -0.1) is 0 Å². The van der Waals surface area contributed by atoms with Crippen molar-refractivity contribution in [1.82, 2.24) is 5.32 Å². The van der Waals surface area contributed by atoms with Crippen LogP contribution in [-0.4, -0.2) is 28.3 Å². The van der Waals surface area contributed by atoms with Gasteiger partial charge in [-0.2, -0.15) is 0 Å². The zero-order chi connectivity index (χ0) is 6.97. The lowest BCUT2D eigenvalue weighted by atomic mass is 10.2. The highest BCUT2D eigenvalue weighted by Crippen LogP contribution is 2.33. The largest absolute Gasteiger partial charge is 0.312 e. The molecule has 2 fully saturated rings. The monoisotopic (exact) mass is 159 g/mol. The third kappa shape index (κ3) is 1.40. The van der Waals surface area contributed by atoms with Gasteiger partial charge in [-0.3, -0.25) is 4.21 Å². The Morgan fingerprint density at radius 3 is 2.80 bits per heavy atom. The zero-order valence-electron chi connectivity index (χ0n) is 6.01. The van der Waals surface area contributed by atoms with Gasteiger partial charge in [-0.05, 0) is 18.8 Å². The predicted octanol–water partition coefficient (Wildman–Crippen LogP) is 0.117. The fourth-order valence-electron chi connectivity index (χ4n) is 1.50. The number of nitrogens with one attached hydrogen (secondary N) is 1. The Morgan fingerprint density at radius 2 is 2.20 bits per heavy atom. The Balaban J connectivity index is 1.89. The molecule has 0 radical (unpaired) electrons. The van der Waals surface area contributed by atoms with E-state index >= 15 is 0 Å². The minimum Gasteiger partial charge on any atom is -0.312 e. The van der Waals surface area contributed by atoms with Crippen LogP contribution in [0.2, 0.25) is 0 Å². The summed E-state index contributed by atoms with van der Waals surface area (Å²) in [6, 6.07) is 0.592. The quantitative estimate of drug-likeness (QED) is 0.588. The minimum absolute atomic E-state index is 0.513. The van der Waals surface area contributed by atoms with Gasteiger partial charge in [0, 0.05) is 34.9 Å². The molecular formula is C7H13NOS. The molecule has 3 heteroatoms. The van der Waals surface area contributed by atoms with Crippen molar-refractivity contribution in [2.45, 2.75) is 18.9 Å². The van der Waals surface area contributed by atoms with Crippen LogP contribution in [-0.2, 0) is 10.8 Å². The molecule has 2 rings (SSSR count). The molecule has 2 atom stereocenters. The number of hydrogen-bond donors (Lipinski definition) is 1. The van der Waals surface area contributed by atoms with Crippen molar-refractivity contribution >= 4 is 10.8 Å². The van der Waals surface area contributed by atoms with Gasteiger partial charge in [-0.25, -0.2) is 0 Å². The van der Waals surface area contributed by atoms with Crippen LogP contribution < -0.4 is 5.32 Å². The third-order valence-electron chi connectivity index (χ3n) is 2.29. The number of rotatable bonds is 1. The Bertz CT molecular complexity index is 156. The van der Waals surface area contributed by atoms with Gasteiger partial charge in [0.1, 0.15) is 0 Å². The topological polar surface area (TPSA) is 29.1 Å². The Kier molecular flexibility index (Phi) is 1.78. The van der Waals surface area contributed by atoms with E-state index in [-0.39, 0.29) is 0 Å². The summed E-state index contributed by atoms with van der Waals surface area (Å²) in [7, 11) is -0.513. The Hall–Kier alpha value is 0.110. The lowest BCUT2D eigenvalue weighted by molar-refractivity contribution is 0.500. The summed E-state index contributed by atoms with van der Waals surface area (Å²) in [5.41, 5.74) is 0. The second-order valence-electron chi connectivity index (χ2n) is 3.21. The summed E-state index contributed by atoms with van der Waals surface area (Å²) in [6.07, 6.45) is 2.71. The van der Waals surface area contributed by atoms with Gasteiger partial charge >= 0.3 is 0 Å². The summed E-state index contributed by atoms with van der Waals surface area (Å²) >= 11 is 0. The van der Waals surface area contributed by atoms with Crippen LogP contribution in [0.1, 0.15) is 12.8 Å². The third-order valence-corrected chi connectivity index (χ3v) is 3.68. The van der Waals surface area contributed by atoms with E-state index in [0.29, 0.717) is 6.04 Å². The van der Waals surface area contributed by atoms with E-state index in [4.69, 9.17) is 0 Å². The first-order valence-corrected chi connectivity index (χ1v) is 5.43. The fraction of sp³-hybridized carbons (Fsp3) is 1.00. The van der Waals surface area contributed by atoms with Crippen molar-refractivity contribution in [2.24, 2.45) is 5.92 Å². The molecule has 1 aliphatic heterocycles. The van der Waals surface area contributed by atoms with Crippen molar-refractivity contribution in [2.75, 3.05) is 18.1 Å². The average Bonchev–Trinajstić information content (AvgIpc) is 2.68. The van der Waals surface area contributed by atoms with Crippen molar-refractivity contribution in [3.8, 4) is 0 Å². The highest BCUT2D eigenvalue weighted by atomic mass is 32.2. The molecule has 1 aliphatic carbocycles. The highest BCUT2D eigenvalue weighted by molar-refractivity contribution is 7.85. The molecule has 1 heterocycles. The summed E-state index contributed by atoms with van der Waals surface area (Å²) in [6.45, 7) is 0.966. The van der Waals surface area contributed by atoms with Crippen LogP contribution in [0.25, 0.3) is 0 Å². The predicted molar refractivity (Wildman–Crippen MR) is 42.4 cm³/mol. The van der Waals surface area contributed by atoms with Gasteiger partial charge in [-0.1, -0.05) is 0 Å². The summed E-state index contributed by atoms with van der Waals surface area (Å²) < 4.78 is 11.1. The maximum atomic E-state index is 11.1. The SMILES string of the molecule is O=S1CCNC(C2CC2)C1. The molecule has 2 nitrogen and oxygen atoms in total. The molecule has 2 aliphatic rings.